The lowest BCUT2D eigenvalue weighted by Crippen LogP contribution is -2.31. The summed E-state index contributed by atoms with van der Waals surface area (Å²) in [5, 5.41) is 7.82. The van der Waals surface area contributed by atoms with Crippen molar-refractivity contribution in [3.05, 3.63) is 35.5 Å². The Kier molecular flexibility index (Phi) is 3.56. The summed E-state index contributed by atoms with van der Waals surface area (Å²) in [5.41, 5.74) is 3.14. The number of hydrogen-bond donors (Lipinski definition) is 1. The molecule has 7 nitrogen and oxygen atoms in total. The minimum Gasteiger partial charge on any atom is -0.363 e. The van der Waals surface area contributed by atoms with E-state index in [1.807, 2.05) is 32.6 Å². The summed E-state index contributed by atoms with van der Waals surface area (Å²) in [5.74, 6) is 0.800. The van der Waals surface area contributed by atoms with Gasteiger partial charge in [-0.05, 0) is 13.8 Å². The normalized spacial score (nSPS) is 21.5. The quantitative estimate of drug-likeness (QED) is 0.922. The van der Waals surface area contributed by atoms with E-state index in [-0.39, 0.29) is 18.0 Å². The molecule has 3 rings (SSSR count). The first-order valence-electron chi connectivity index (χ1n) is 7.27. The molecule has 1 aliphatic rings. The maximum atomic E-state index is 12.2. The number of aromatic nitrogens is 4. The summed E-state index contributed by atoms with van der Waals surface area (Å²) in [4.78, 5) is 22.3. The monoisotopic (exact) mass is 300 g/mol. The van der Waals surface area contributed by atoms with Crippen LogP contribution in [-0.2, 0) is 11.8 Å². The highest BCUT2D eigenvalue weighted by Crippen LogP contribution is 2.36. The second kappa shape index (κ2) is 5.40. The molecule has 2 atom stereocenters. The lowest BCUT2D eigenvalue weighted by Gasteiger charge is -2.26. The van der Waals surface area contributed by atoms with Crippen LogP contribution in [0.3, 0.4) is 0 Å². The van der Waals surface area contributed by atoms with E-state index >= 15 is 0 Å². The third-order valence-electron chi connectivity index (χ3n) is 4.34. The molecule has 0 unspecified atom stereocenters. The van der Waals surface area contributed by atoms with Gasteiger partial charge in [-0.25, -0.2) is 4.98 Å². The van der Waals surface area contributed by atoms with Crippen LogP contribution in [0.4, 0.5) is 5.82 Å². The molecule has 0 aromatic carbocycles. The highest BCUT2D eigenvalue weighted by Gasteiger charge is 2.41. The van der Waals surface area contributed by atoms with Crippen molar-refractivity contribution < 1.29 is 4.79 Å². The molecule has 2 aromatic heterocycles. The zero-order chi connectivity index (χ0) is 15.9. The Labute approximate surface area is 129 Å². The van der Waals surface area contributed by atoms with Crippen molar-refractivity contribution in [3.63, 3.8) is 0 Å². The molecular weight excluding hydrogens is 280 g/mol. The molecule has 116 valence electrons. The van der Waals surface area contributed by atoms with Gasteiger partial charge in [-0.15, -0.1) is 0 Å². The molecule has 1 aliphatic heterocycles. The summed E-state index contributed by atoms with van der Waals surface area (Å²) in [6, 6.07) is -0.0981. The van der Waals surface area contributed by atoms with Crippen molar-refractivity contribution >= 4 is 11.7 Å². The number of rotatable bonds is 3. The molecule has 0 aliphatic carbocycles. The number of carbonyl (C=O) groups is 1. The number of carbonyl (C=O) groups excluding carboxylic acids is 1. The topological polar surface area (TPSA) is 75.9 Å². The van der Waals surface area contributed by atoms with E-state index < -0.39 is 0 Å². The van der Waals surface area contributed by atoms with Crippen LogP contribution in [0.5, 0.6) is 0 Å². The largest absolute Gasteiger partial charge is 0.363 e. The summed E-state index contributed by atoms with van der Waals surface area (Å²) < 4.78 is 1.86. The fourth-order valence-electron chi connectivity index (χ4n) is 3.18. The van der Waals surface area contributed by atoms with Gasteiger partial charge in [0, 0.05) is 44.2 Å². The molecule has 0 bridgehead atoms. The van der Waals surface area contributed by atoms with E-state index in [1.165, 1.54) is 0 Å². The van der Waals surface area contributed by atoms with Crippen LogP contribution in [0.1, 0.15) is 29.4 Å². The van der Waals surface area contributed by atoms with E-state index in [0.29, 0.717) is 12.2 Å². The average molecular weight is 300 g/mol. The van der Waals surface area contributed by atoms with Crippen LogP contribution >= 0.6 is 0 Å². The third kappa shape index (κ3) is 2.32. The van der Waals surface area contributed by atoms with Gasteiger partial charge in [-0.2, -0.15) is 5.10 Å². The zero-order valence-electron chi connectivity index (χ0n) is 13.2. The Morgan fingerprint density at radius 2 is 2.05 bits per heavy atom. The van der Waals surface area contributed by atoms with Gasteiger partial charge in [-0.1, -0.05) is 0 Å². The Balaban J connectivity index is 1.97. The number of likely N-dealkylation sites (N-methyl/N-ethyl adjacent to an activating group) is 1. The molecule has 22 heavy (non-hydrogen) atoms. The molecular formula is C15H20N6O. The number of likely N-dealkylation sites (tertiary alicyclic amines) is 1. The van der Waals surface area contributed by atoms with Crippen LogP contribution in [-0.4, -0.2) is 43.6 Å². The van der Waals surface area contributed by atoms with E-state index in [4.69, 9.17) is 0 Å². The first-order valence-corrected chi connectivity index (χ1v) is 7.27. The second-order valence-electron chi connectivity index (χ2n) is 5.70. The molecule has 1 N–H and O–H groups in total. The summed E-state index contributed by atoms with van der Waals surface area (Å²) in [6.07, 6.45) is 5.37. The first-order chi connectivity index (χ1) is 10.5. The highest BCUT2D eigenvalue weighted by molar-refractivity contribution is 5.81. The van der Waals surface area contributed by atoms with Gasteiger partial charge in [0.1, 0.15) is 5.82 Å². The van der Waals surface area contributed by atoms with Crippen molar-refractivity contribution in [2.24, 2.45) is 7.05 Å². The molecule has 2 aromatic rings. The smallest absolute Gasteiger partial charge is 0.225 e. The molecule has 1 amide bonds. The predicted octanol–water partition coefficient (Wildman–Crippen LogP) is 1.21. The van der Waals surface area contributed by atoms with Crippen LogP contribution in [0.15, 0.2) is 18.6 Å². The van der Waals surface area contributed by atoms with E-state index in [2.05, 4.69) is 20.4 Å². The van der Waals surface area contributed by atoms with Crippen molar-refractivity contribution in [2.75, 3.05) is 12.4 Å². The maximum absolute atomic E-state index is 12.2. The Morgan fingerprint density at radius 3 is 2.64 bits per heavy atom. The Hall–Kier alpha value is -2.44. The number of anilines is 1. The van der Waals surface area contributed by atoms with Gasteiger partial charge in [0.2, 0.25) is 5.91 Å². The van der Waals surface area contributed by atoms with Crippen LogP contribution < -0.4 is 5.32 Å². The lowest BCUT2D eigenvalue weighted by molar-refractivity contribution is -0.127. The highest BCUT2D eigenvalue weighted by atomic mass is 16.2. The van der Waals surface area contributed by atoms with E-state index in [0.717, 1.165) is 17.0 Å². The van der Waals surface area contributed by atoms with Crippen molar-refractivity contribution in [2.45, 2.75) is 32.4 Å². The maximum Gasteiger partial charge on any atom is 0.225 e. The summed E-state index contributed by atoms with van der Waals surface area (Å²) in [6.45, 7) is 4.02. The molecule has 1 fully saturated rings. The minimum atomic E-state index is -0.0526. The number of hydrogen-bond acceptors (Lipinski definition) is 5. The van der Waals surface area contributed by atoms with Gasteiger partial charge in [0.15, 0.2) is 0 Å². The molecule has 1 saturated heterocycles. The number of nitrogens with one attached hydrogen (secondary N) is 1. The molecule has 0 radical (unpaired) electrons. The van der Waals surface area contributed by atoms with Gasteiger partial charge in [-0.3, -0.25) is 14.5 Å². The molecule has 0 saturated carbocycles. The Morgan fingerprint density at radius 1 is 1.27 bits per heavy atom. The SMILES string of the molecule is Cc1nn(C)c(C)c1[C@@H]1[C@@H](Nc2cnccn2)CC(=O)N1C. The standard InChI is InChI=1S/C15H20N6O/c1-9-14(10(2)21(4)19-9)15-11(7-13(22)20(15)3)18-12-8-16-5-6-17-12/h5-6,8,11,15H,7H2,1-4H3,(H,17,18)/t11-,15-/m0/s1. The van der Waals surface area contributed by atoms with Crippen LogP contribution in [0.25, 0.3) is 0 Å². The number of nitrogens with zero attached hydrogens (tertiary/aromatic N) is 5. The van der Waals surface area contributed by atoms with Crippen molar-refractivity contribution in [1.82, 2.24) is 24.6 Å². The van der Waals surface area contributed by atoms with Crippen molar-refractivity contribution in [3.8, 4) is 0 Å². The third-order valence-corrected chi connectivity index (χ3v) is 4.34. The summed E-state index contributed by atoms with van der Waals surface area (Å²) in [7, 11) is 3.77. The van der Waals surface area contributed by atoms with E-state index in [1.54, 1.807) is 23.5 Å². The molecule has 3 heterocycles. The van der Waals surface area contributed by atoms with Crippen molar-refractivity contribution in [1.29, 1.82) is 0 Å². The van der Waals surface area contributed by atoms with Gasteiger partial charge in [0.05, 0.1) is 24.0 Å². The van der Waals surface area contributed by atoms with Gasteiger partial charge < -0.3 is 10.2 Å². The minimum absolute atomic E-state index is 0.0456. The second-order valence-corrected chi connectivity index (χ2v) is 5.70. The Bertz CT molecular complexity index is 696. The first kappa shape index (κ1) is 14.5. The average Bonchev–Trinajstić information content (AvgIpc) is 2.89. The summed E-state index contributed by atoms with van der Waals surface area (Å²) >= 11 is 0. The van der Waals surface area contributed by atoms with E-state index in [9.17, 15) is 4.79 Å². The van der Waals surface area contributed by atoms with Crippen LogP contribution in [0.2, 0.25) is 0 Å². The zero-order valence-corrected chi connectivity index (χ0v) is 13.2. The van der Waals surface area contributed by atoms with Gasteiger partial charge in [0.25, 0.3) is 0 Å². The van der Waals surface area contributed by atoms with Gasteiger partial charge >= 0.3 is 0 Å². The molecule has 7 heteroatoms. The predicted molar refractivity (Wildman–Crippen MR) is 82.3 cm³/mol. The molecule has 0 spiro atoms. The number of aryl methyl sites for hydroxylation is 2. The number of amides is 1. The lowest BCUT2D eigenvalue weighted by atomic mass is 9.98. The van der Waals surface area contributed by atoms with Crippen LogP contribution in [0, 0.1) is 13.8 Å². The fourth-order valence-corrected chi connectivity index (χ4v) is 3.18. The fraction of sp³-hybridized carbons (Fsp3) is 0.467.